The molecule has 1 unspecified atom stereocenters. The maximum absolute atomic E-state index is 13.2. The molecule has 3 rings (SSSR count). The molecule has 1 heterocycles. The Morgan fingerprint density at radius 3 is 2.28 bits per heavy atom. The van der Waals surface area contributed by atoms with Gasteiger partial charge in [0.25, 0.3) is 15.9 Å². The number of carbonyl (C=O) groups excluding carboxylic acids is 1. The Labute approximate surface area is 145 Å². The number of nitrogens with one attached hydrogen (secondary N) is 1. The van der Waals surface area contributed by atoms with E-state index in [0.717, 1.165) is 5.56 Å². The van der Waals surface area contributed by atoms with Gasteiger partial charge in [-0.3, -0.25) is 9.79 Å². The van der Waals surface area contributed by atoms with Gasteiger partial charge in [-0.25, -0.2) is 17.5 Å². The van der Waals surface area contributed by atoms with Crippen LogP contribution in [0.15, 0.2) is 70.6 Å². The van der Waals surface area contributed by atoms with Crippen LogP contribution in [0.25, 0.3) is 0 Å². The van der Waals surface area contributed by atoms with Crippen molar-refractivity contribution in [3.63, 3.8) is 0 Å². The SMILES string of the molecule is Cc1ccc(S(=O)(=O)NC(=O)C2(c3ccc(F)cc3)C=CC=N2)cc1. The lowest BCUT2D eigenvalue weighted by Crippen LogP contribution is -2.43. The maximum Gasteiger partial charge on any atom is 0.270 e. The molecule has 0 fully saturated rings. The minimum atomic E-state index is -4.05. The fourth-order valence-corrected chi connectivity index (χ4v) is 3.51. The Bertz CT molecular complexity index is 950. The molecule has 0 spiro atoms. The standard InChI is InChI=1S/C18H15FN2O3S/c1-13-3-9-16(10-4-13)25(23,24)21-17(22)18(11-2-12-20-18)14-5-7-15(19)8-6-14/h2-12H,1H3,(H,21,22). The number of benzene rings is 2. The highest BCUT2D eigenvalue weighted by Crippen LogP contribution is 2.31. The Hall–Kier alpha value is -2.80. The van der Waals surface area contributed by atoms with Gasteiger partial charge in [-0.05, 0) is 48.9 Å². The quantitative estimate of drug-likeness (QED) is 0.912. The summed E-state index contributed by atoms with van der Waals surface area (Å²) < 4.78 is 40.2. The second kappa shape index (κ2) is 6.25. The summed E-state index contributed by atoms with van der Waals surface area (Å²) >= 11 is 0. The number of carbonyl (C=O) groups is 1. The third-order valence-corrected chi connectivity index (χ3v) is 5.24. The lowest BCUT2D eigenvalue weighted by atomic mass is 9.90. The largest absolute Gasteiger partial charge is 0.270 e. The van der Waals surface area contributed by atoms with Crippen LogP contribution in [0.3, 0.4) is 0 Å². The van der Waals surface area contributed by atoms with Gasteiger partial charge in [0.2, 0.25) is 0 Å². The maximum atomic E-state index is 13.2. The summed E-state index contributed by atoms with van der Waals surface area (Å²) in [6.07, 6.45) is 4.42. The van der Waals surface area contributed by atoms with Crippen LogP contribution in [0.1, 0.15) is 11.1 Å². The highest BCUT2D eigenvalue weighted by atomic mass is 32.2. The van der Waals surface area contributed by atoms with E-state index >= 15 is 0 Å². The molecule has 2 aromatic rings. The van der Waals surface area contributed by atoms with Gasteiger partial charge in [0.15, 0.2) is 5.54 Å². The average Bonchev–Trinajstić information content (AvgIpc) is 3.06. The lowest BCUT2D eigenvalue weighted by Gasteiger charge is -2.23. The van der Waals surface area contributed by atoms with Crippen molar-refractivity contribution in [3.05, 3.63) is 77.6 Å². The molecule has 0 aliphatic carbocycles. The predicted octanol–water partition coefficient (Wildman–Crippen LogP) is 2.48. The number of aliphatic imine (C=N–C) groups is 1. The Morgan fingerprint density at radius 1 is 1.08 bits per heavy atom. The molecule has 7 heteroatoms. The minimum Gasteiger partial charge on any atom is -0.270 e. The highest BCUT2D eigenvalue weighted by molar-refractivity contribution is 7.90. The molecular weight excluding hydrogens is 343 g/mol. The van der Waals surface area contributed by atoms with Gasteiger partial charge < -0.3 is 0 Å². The number of nitrogens with zero attached hydrogens (tertiary/aromatic N) is 1. The zero-order valence-electron chi connectivity index (χ0n) is 13.3. The number of hydrogen-bond acceptors (Lipinski definition) is 4. The summed E-state index contributed by atoms with van der Waals surface area (Å²) in [7, 11) is -4.05. The number of hydrogen-bond donors (Lipinski definition) is 1. The molecule has 1 N–H and O–H groups in total. The van der Waals surface area contributed by atoms with Gasteiger partial charge in [0.05, 0.1) is 4.90 Å². The Morgan fingerprint density at radius 2 is 1.72 bits per heavy atom. The van der Waals surface area contributed by atoms with Gasteiger partial charge in [-0.1, -0.05) is 29.8 Å². The van der Waals surface area contributed by atoms with E-state index in [0.29, 0.717) is 5.56 Å². The molecule has 2 aromatic carbocycles. The van der Waals surface area contributed by atoms with Crippen LogP contribution in [-0.4, -0.2) is 20.5 Å². The fraction of sp³-hybridized carbons (Fsp3) is 0.111. The van der Waals surface area contributed by atoms with Crippen molar-refractivity contribution in [1.29, 1.82) is 0 Å². The second-order valence-corrected chi connectivity index (χ2v) is 7.34. The number of sulfonamides is 1. The van der Waals surface area contributed by atoms with Crippen molar-refractivity contribution in [2.24, 2.45) is 4.99 Å². The van der Waals surface area contributed by atoms with Crippen LogP contribution >= 0.6 is 0 Å². The monoisotopic (exact) mass is 358 g/mol. The predicted molar refractivity (Wildman–Crippen MR) is 92.2 cm³/mol. The zero-order valence-corrected chi connectivity index (χ0v) is 14.1. The van der Waals surface area contributed by atoms with Gasteiger partial charge in [0, 0.05) is 6.21 Å². The molecule has 1 atom stereocenters. The van der Waals surface area contributed by atoms with Crippen LogP contribution in [-0.2, 0) is 20.4 Å². The molecule has 1 amide bonds. The van der Waals surface area contributed by atoms with E-state index in [9.17, 15) is 17.6 Å². The van der Waals surface area contributed by atoms with Gasteiger partial charge in [-0.2, -0.15) is 0 Å². The zero-order chi connectivity index (χ0) is 18.1. The first-order valence-electron chi connectivity index (χ1n) is 7.46. The molecule has 1 aliphatic rings. The molecular formula is C18H15FN2O3S. The number of rotatable bonds is 4. The van der Waals surface area contributed by atoms with Crippen LogP contribution in [0.5, 0.6) is 0 Å². The number of allylic oxidation sites excluding steroid dienone is 1. The molecule has 0 saturated carbocycles. The topological polar surface area (TPSA) is 75.6 Å². The summed E-state index contributed by atoms with van der Waals surface area (Å²) in [4.78, 5) is 16.9. The lowest BCUT2D eigenvalue weighted by molar-refractivity contribution is -0.123. The molecule has 25 heavy (non-hydrogen) atoms. The van der Waals surface area contributed by atoms with E-state index in [-0.39, 0.29) is 4.90 Å². The van der Waals surface area contributed by atoms with Gasteiger partial charge >= 0.3 is 0 Å². The van der Waals surface area contributed by atoms with Crippen molar-refractivity contribution >= 4 is 22.1 Å². The first kappa shape index (κ1) is 17.0. The third kappa shape index (κ3) is 3.23. The minimum absolute atomic E-state index is 0.0216. The molecule has 1 aliphatic heterocycles. The van der Waals surface area contributed by atoms with Crippen LogP contribution < -0.4 is 4.72 Å². The molecule has 0 saturated heterocycles. The molecule has 128 valence electrons. The normalized spacial score (nSPS) is 19.1. The molecule has 5 nitrogen and oxygen atoms in total. The van der Waals surface area contributed by atoms with Gasteiger partial charge in [-0.15, -0.1) is 0 Å². The summed E-state index contributed by atoms with van der Waals surface area (Å²) in [5.74, 6) is -1.29. The highest BCUT2D eigenvalue weighted by Gasteiger charge is 2.40. The van der Waals surface area contributed by atoms with Crippen molar-refractivity contribution in [3.8, 4) is 0 Å². The van der Waals surface area contributed by atoms with E-state index < -0.39 is 27.3 Å². The van der Waals surface area contributed by atoms with Crippen LogP contribution in [0.2, 0.25) is 0 Å². The first-order chi connectivity index (χ1) is 11.8. The van der Waals surface area contributed by atoms with Gasteiger partial charge in [0.1, 0.15) is 5.82 Å². The summed E-state index contributed by atoms with van der Waals surface area (Å²) in [6, 6.07) is 11.3. The van der Waals surface area contributed by atoms with E-state index in [4.69, 9.17) is 0 Å². The molecule has 0 aromatic heterocycles. The average molecular weight is 358 g/mol. The number of aryl methyl sites for hydroxylation is 1. The fourth-order valence-electron chi connectivity index (χ4n) is 2.50. The first-order valence-corrected chi connectivity index (χ1v) is 8.95. The van der Waals surface area contributed by atoms with E-state index in [2.05, 4.69) is 9.71 Å². The molecule has 0 bridgehead atoms. The summed E-state index contributed by atoms with van der Waals surface area (Å²) in [5, 5.41) is 0. The van der Waals surface area contributed by atoms with Crippen molar-refractivity contribution < 1.29 is 17.6 Å². The van der Waals surface area contributed by atoms with E-state index in [1.165, 1.54) is 48.7 Å². The smallest absolute Gasteiger partial charge is 0.270 e. The van der Waals surface area contributed by atoms with Crippen molar-refractivity contribution in [2.45, 2.75) is 17.4 Å². The third-order valence-electron chi connectivity index (χ3n) is 3.89. The van der Waals surface area contributed by atoms with Crippen LogP contribution in [0.4, 0.5) is 4.39 Å². The van der Waals surface area contributed by atoms with Crippen molar-refractivity contribution in [1.82, 2.24) is 4.72 Å². The number of halogens is 1. The van der Waals surface area contributed by atoms with Crippen molar-refractivity contribution in [2.75, 3.05) is 0 Å². The van der Waals surface area contributed by atoms with E-state index in [1.807, 2.05) is 6.92 Å². The van der Waals surface area contributed by atoms with Crippen LogP contribution in [0, 0.1) is 12.7 Å². The Kier molecular flexibility index (Phi) is 4.26. The molecule has 0 radical (unpaired) electrons. The number of amides is 1. The van der Waals surface area contributed by atoms with E-state index in [1.54, 1.807) is 18.2 Å². The second-order valence-electron chi connectivity index (χ2n) is 5.66. The Balaban J connectivity index is 1.95. The summed E-state index contributed by atoms with van der Waals surface area (Å²) in [5.41, 5.74) is -0.266. The summed E-state index contributed by atoms with van der Waals surface area (Å²) in [6.45, 7) is 1.83.